The second kappa shape index (κ2) is 10.3. The molecule has 0 aliphatic heterocycles. The molecular weight excluding hydrogens is 492 g/mol. The van der Waals surface area contributed by atoms with E-state index < -0.39 is 18.0 Å². The molecule has 1 unspecified atom stereocenters. The summed E-state index contributed by atoms with van der Waals surface area (Å²) in [5, 5.41) is 1.85. The molecule has 0 spiro atoms. The van der Waals surface area contributed by atoms with Gasteiger partial charge in [-0.25, -0.2) is 9.59 Å². The molecule has 6 heteroatoms. The van der Waals surface area contributed by atoms with E-state index in [1.54, 1.807) is 62.8 Å². The lowest BCUT2D eigenvalue weighted by Crippen LogP contribution is -2.24. The average Bonchev–Trinajstić information content (AvgIpc) is 2.94. The van der Waals surface area contributed by atoms with E-state index in [0.29, 0.717) is 28.4 Å². The second-order valence-electron chi connectivity index (χ2n) is 10.4. The average molecular weight is 523 g/mol. The molecule has 5 rings (SSSR count). The highest BCUT2D eigenvalue weighted by Crippen LogP contribution is 2.48. The molecule has 1 aliphatic carbocycles. The normalized spacial score (nSPS) is 14.4. The Labute approximate surface area is 227 Å². The summed E-state index contributed by atoms with van der Waals surface area (Å²) in [5.41, 5.74) is 3.03. The van der Waals surface area contributed by atoms with Crippen molar-refractivity contribution in [2.75, 3.05) is 14.2 Å². The Hall–Kier alpha value is -4.58. The standard InChI is InChI=1S/C33H30O6/c1-33(2,3)27-19-26-28(38-31(34)21-9-14-23(36-4)15-10-21)18-13-20-7-6-8-25(29(20)26)30(27)39-32(35)22-11-16-24(37-5)17-12-22/h6-19,30H,1-5H3. The summed E-state index contributed by atoms with van der Waals surface area (Å²) in [4.78, 5) is 26.3. The SMILES string of the molecule is COc1ccc(C(=O)Oc2ccc3cccc4c3c2C=C(C(C)(C)C)C4OC(=O)c2ccc(OC)cc2)cc1. The summed E-state index contributed by atoms with van der Waals surface area (Å²) >= 11 is 0. The van der Waals surface area contributed by atoms with Crippen molar-refractivity contribution in [1.29, 1.82) is 0 Å². The van der Waals surface area contributed by atoms with Crippen LogP contribution in [-0.2, 0) is 4.74 Å². The van der Waals surface area contributed by atoms with Gasteiger partial charge in [-0.15, -0.1) is 0 Å². The highest BCUT2D eigenvalue weighted by atomic mass is 16.5. The van der Waals surface area contributed by atoms with Crippen LogP contribution in [0.5, 0.6) is 17.2 Å². The maximum Gasteiger partial charge on any atom is 0.343 e. The molecule has 1 atom stereocenters. The van der Waals surface area contributed by atoms with Crippen LogP contribution in [-0.4, -0.2) is 26.2 Å². The predicted molar refractivity (Wildman–Crippen MR) is 150 cm³/mol. The van der Waals surface area contributed by atoms with Gasteiger partial charge in [0, 0.05) is 11.1 Å². The quantitative estimate of drug-likeness (QED) is 0.194. The van der Waals surface area contributed by atoms with E-state index in [9.17, 15) is 9.59 Å². The number of rotatable bonds is 6. The lowest BCUT2D eigenvalue weighted by atomic mass is 9.75. The first kappa shape index (κ1) is 26.0. The Morgan fingerprint density at radius 2 is 1.31 bits per heavy atom. The molecule has 0 amide bonds. The van der Waals surface area contributed by atoms with Gasteiger partial charge in [0.15, 0.2) is 0 Å². The van der Waals surface area contributed by atoms with E-state index >= 15 is 0 Å². The van der Waals surface area contributed by atoms with Crippen LogP contribution in [0, 0.1) is 5.41 Å². The molecule has 39 heavy (non-hydrogen) atoms. The van der Waals surface area contributed by atoms with Crippen LogP contribution in [0.15, 0.2) is 84.4 Å². The van der Waals surface area contributed by atoms with Gasteiger partial charge in [-0.1, -0.05) is 45.0 Å². The van der Waals surface area contributed by atoms with Gasteiger partial charge in [-0.2, -0.15) is 0 Å². The maximum atomic E-state index is 13.3. The van der Waals surface area contributed by atoms with Crippen LogP contribution in [0.4, 0.5) is 0 Å². The highest BCUT2D eigenvalue weighted by Gasteiger charge is 2.35. The molecular formula is C33H30O6. The predicted octanol–water partition coefficient (Wildman–Crippen LogP) is 7.42. The molecule has 0 saturated carbocycles. The van der Waals surface area contributed by atoms with Crippen molar-refractivity contribution in [2.24, 2.45) is 5.41 Å². The lowest BCUT2D eigenvalue weighted by molar-refractivity contribution is 0.0343. The van der Waals surface area contributed by atoms with Crippen molar-refractivity contribution in [1.82, 2.24) is 0 Å². The Kier molecular flexibility index (Phi) is 6.87. The smallest absolute Gasteiger partial charge is 0.343 e. The minimum atomic E-state index is -0.608. The third kappa shape index (κ3) is 5.10. The van der Waals surface area contributed by atoms with E-state index in [0.717, 1.165) is 27.5 Å². The van der Waals surface area contributed by atoms with Crippen molar-refractivity contribution >= 4 is 28.8 Å². The second-order valence-corrected chi connectivity index (χ2v) is 10.4. The van der Waals surface area contributed by atoms with Crippen molar-refractivity contribution in [3.63, 3.8) is 0 Å². The summed E-state index contributed by atoms with van der Waals surface area (Å²) in [6.07, 6.45) is 1.39. The fourth-order valence-electron chi connectivity index (χ4n) is 4.79. The van der Waals surface area contributed by atoms with Gasteiger partial charge in [0.1, 0.15) is 23.4 Å². The number of benzene rings is 4. The van der Waals surface area contributed by atoms with Crippen molar-refractivity contribution in [3.8, 4) is 17.2 Å². The molecule has 4 aromatic rings. The van der Waals surface area contributed by atoms with Gasteiger partial charge in [0.25, 0.3) is 0 Å². The van der Waals surface area contributed by atoms with Crippen molar-refractivity contribution in [3.05, 3.63) is 107 Å². The Morgan fingerprint density at radius 3 is 1.87 bits per heavy atom. The van der Waals surface area contributed by atoms with Gasteiger partial charge in [-0.05, 0) is 82.4 Å². The lowest BCUT2D eigenvalue weighted by Gasteiger charge is -2.34. The number of esters is 2. The van der Waals surface area contributed by atoms with Crippen LogP contribution in [0.1, 0.15) is 58.7 Å². The summed E-state index contributed by atoms with van der Waals surface area (Å²) in [7, 11) is 3.15. The zero-order chi connectivity index (χ0) is 27.7. The minimum absolute atomic E-state index is 0.349. The van der Waals surface area contributed by atoms with E-state index in [4.69, 9.17) is 18.9 Å². The summed E-state index contributed by atoms with van der Waals surface area (Å²) in [5.74, 6) is 0.863. The first-order valence-corrected chi connectivity index (χ1v) is 12.7. The Bertz CT molecular complexity index is 1570. The summed E-state index contributed by atoms with van der Waals surface area (Å²) in [6, 6.07) is 23.3. The topological polar surface area (TPSA) is 71.1 Å². The molecule has 0 fully saturated rings. The number of methoxy groups -OCH3 is 2. The number of hydrogen-bond acceptors (Lipinski definition) is 6. The van der Waals surface area contributed by atoms with Crippen molar-refractivity contribution in [2.45, 2.75) is 26.9 Å². The summed E-state index contributed by atoms with van der Waals surface area (Å²) < 4.78 is 22.5. The van der Waals surface area contributed by atoms with Crippen LogP contribution in [0.3, 0.4) is 0 Å². The van der Waals surface area contributed by atoms with E-state index in [1.807, 2.05) is 36.4 Å². The largest absolute Gasteiger partial charge is 0.497 e. The van der Waals surface area contributed by atoms with E-state index in [2.05, 4.69) is 20.8 Å². The fraction of sp³-hybridized carbons (Fsp3) is 0.212. The molecule has 0 radical (unpaired) electrons. The molecule has 1 aliphatic rings. The zero-order valence-corrected chi connectivity index (χ0v) is 22.6. The van der Waals surface area contributed by atoms with Crippen LogP contribution < -0.4 is 14.2 Å². The van der Waals surface area contributed by atoms with E-state index in [1.165, 1.54) is 0 Å². The van der Waals surface area contributed by atoms with Crippen molar-refractivity contribution < 1.29 is 28.5 Å². The molecule has 198 valence electrons. The van der Waals surface area contributed by atoms with Gasteiger partial charge in [-0.3, -0.25) is 0 Å². The Morgan fingerprint density at radius 1 is 0.718 bits per heavy atom. The van der Waals surface area contributed by atoms with Crippen LogP contribution >= 0.6 is 0 Å². The Balaban J connectivity index is 1.56. The number of carbonyl (C=O) groups excluding carboxylic acids is 2. The third-order valence-electron chi connectivity index (χ3n) is 6.89. The number of hydrogen-bond donors (Lipinski definition) is 0. The fourth-order valence-corrected chi connectivity index (χ4v) is 4.79. The third-order valence-corrected chi connectivity index (χ3v) is 6.89. The maximum absolute atomic E-state index is 13.3. The molecule has 0 bridgehead atoms. The van der Waals surface area contributed by atoms with Gasteiger partial charge >= 0.3 is 11.9 Å². The molecule has 0 saturated heterocycles. The number of carbonyl (C=O) groups is 2. The number of ether oxygens (including phenoxy) is 4. The molecule has 0 aromatic heterocycles. The molecule has 0 heterocycles. The first-order valence-electron chi connectivity index (χ1n) is 12.7. The van der Waals surface area contributed by atoms with Gasteiger partial charge < -0.3 is 18.9 Å². The summed E-state index contributed by atoms with van der Waals surface area (Å²) in [6.45, 7) is 6.22. The van der Waals surface area contributed by atoms with Gasteiger partial charge in [0.2, 0.25) is 0 Å². The molecule has 0 N–H and O–H groups in total. The van der Waals surface area contributed by atoms with Crippen LogP contribution in [0.25, 0.3) is 16.8 Å². The highest BCUT2D eigenvalue weighted by molar-refractivity contribution is 6.01. The zero-order valence-electron chi connectivity index (χ0n) is 22.6. The van der Waals surface area contributed by atoms with Gasteiger partial charge in [0.05, 0.1) is 25.3 Å². The first-order chi connectivity index (χ1) is 18.7. The monoisotopic (exact) mass is 522 g/mol. The van der Waals surface area contributed by atoms with Crippen LogP contribution in [0.2, 0.25) is 0 Å². The van der Waals surface area contributed by atoms with E-state index in [-0.39, 0.29) is 5.41 Å². The molecule has 4 aromatic carbocycles. The minimum Gasteiger partial charge on any atom is -0.497 e. The molecule has 6 nitrogen and oxygen atoms in total.